The summed E-state index contributed by atoms with van der Waals surface area (Å²) < 4.78 is 11.0. The van der Waals surface area contributed by atoms with Gasteiger partial charge in [-0.1, -0.05) is 0 Å². The molecule has 0 radical (unpaired) electrons. The zero-order valence-corrected chi connectivity index (χ0v) is 10.8. The van der Waals surface area contributed by atoms with Crippen LogP contribution in [0.5, 0.6) is 11.5 Å². The Morgan fingerprint density at radius 1 is 1.22 bits per heavy atom. The number of nitrogens with zero attached hydrogens (tertiary/aromatic N) is 1. The van der Waals surface area contributed by atoms with Crippen LogP contribution >= 0.6 is 0 Å². The molecule has 4 nitrogen and oxygen atoms in total. The quantitative estimate of drug-likeness (QED) is 0.832. The molecule has 1 N–H and O–H groups in total. The van der Waals surface area contributed by atoms with Crippen molar-refractivity contribution in [1.29, 1.82) is 0 Å². The molecule has 1 aliphatic rings. The topological polar surface area (TPSA) is 41.9 Å². The molecular formula is C14H21NO3. The minimum Gasteiger partial charge on any atom is -0.494 e. The normalized spacial score (nSPS) is 20.0. The third-order valence-corrected chi connectivity index (χ3v) is 3.06. The van der Waals surface area contributed by atoms with E-state index in [2.05, 4.69) is 4.90 Å². The minimum atomic E-state index is -0.157. The van der Waals surface area contributed by atoms with E-state index in [1.54, 1.807) is 0 Å². The lowest BCUT2D eigenvalue weighted by molar-refractivity contribution is 0.167. The molecule has 4 heteroatoms. The van der Waals surface area contributed by atoms with Gasteiger partial charge in [0.25, 0.3) is 0 Å². The zero-order chi connectivity index (χ0) is 12.8. The lowest BCUT2D eigenvalue weighted by Gasteiger charge is -2.15. The molecule has 2 rings (SSSR count). The van der Waals surface area contributed by atoms with Gasteiger partial charge in [0.15, 0.2) is 0 Å². The average Bonchev–Trinajstić information content (AvgIpc) is 2.78. The number of hydrogen-bond acceptors (Lipinski definition) is 4. The van der Waals surface area contributed by atoms with Crippen molar-refractivity contribution in [3.05, 3.63) is 24.3 Å². The summed E-state index contributed by atoms with van der Waals surface area (Å²) >= 11 is 0. The van der Waals surface area contributed by atoms with Crippen LogP contribution in [-0.2, 0) is 0 Å². The lowest BCUT2D eigenvalue weighted by Crippen LogP contribution is -2.27. The Morgan fingerprint density at radius 3 is 2.44 bits per heavy atom. The van der Waals surface area contributed by atoms with E-state index in [0.29, 0.717) is 13.2 Å². The van der Waals surface area contributed by atoms with Gasteiger partial charge in [-0.3, -0.25) is 4.90 Å². The SMILES string of the molecule is CCOc1ccc(OCCN2CCC(O)C2)cc1. The van der Waals surface area contributed by atoms with Crippen LogP contribution in [0.15, 0.2) is 24.3 Å². The van der Waals surface area contributed by atoms with Gasteiger partial charge in [0.05, 0.1) is 12.7 Å². The van der Waals surface area contributed by atoms with E-state index >= 15 is 0 Å². The lowest BCUT2D eigenvalue weighted by atomic mass is 10.3. The maximum Gasteiger partial charge on any atom is 0.119 e. The third-order valence-electron chi connectivity index (χ3n) is 3.06. The second-order valence-electron chi connectivity index (χ2n) is 4.50. The van der Waals surface area contributed by atoms with Gasteiger partial charge in [0.1, 0.15) is 18.1 Å². The Kier molecular flexibility index (Phi) is 4.84. The average molecular weight is 251 g/mol. The summed E-state index contributed by atoms with van der Waals surface area (Å²) in [6.07, 6.45) is 0.721. The Bertz CT molecular complexity index is 353. The predicted molar refractivity (Wildman–Crippen MR) is 70.2 cm³/mol. The van der Waals surface area contributed by atoms with Gasteiger partial charge in [-0.15, -0.1) is 0 Å². The van der Waals surface area contributed by atoms with E-state index in [4.69, 9.17) is 9.47 Å². The highest BCUT2D eigenvalue weighted by Gasteiger charge is 2.19. The first-order valence-corrected chi connectivity index (χ1v) is 6.54. The first kappa shape index (κ1) is 13.2. The van der Waals surface area contributed by atoms with E-state index in [1.165, 1.54) is 0 Å². The summed E-state index contributed by atoms with van der Waals surface area (Å²) in [6, 6.07) is 7.67. The summed E-state index contributed by atoms with van der Waals surface area (Å²) in [4.78, 5) is 2.22. The molecule has 0 bridgehead atoms. The Labute approximate surface area is 108 Å². The van der Waals surface area contributed by atoms with Crippen LogP contribution < -0.4 is 9.47 Å². The molecule has 0 saturated carbocycles. The smallest absolute Gasteiger partial charge is 0.119 e. The molecule has 1 aliphatic heterocycles. The van der Waals surface area contributed by atoms with Gasteiger partial charge in [0.2, 0.25) is 0 Å². The van der Waals surface area contributed by atoms with Crippen molar-refractivity contribution in [1.82, 2.24) is 4.90 Å². The Hall–Kier alpha value is -1.26. The van der Waals surface area contributed by atoms with Crippen molar-refractivity contribution in [2.24, 2.45) is 0 Å². The molecule has 1 saturated heterocycles. The molecule has 18 heavy (non-hydrogen) atoms. The van der Waals surface area contributed by atoms with Gasteiger partial charge in [-0.05, 0) is 37.6 Å². The molecular weight excluding hydrogens is 230 g/mol. The van der Waals surface area contributed by atoms with Crippen molar-refractivity contribution < 1.29 is 14.6 Å². The summed E-state index contributed by atoms with van der Waals surface area (Å²) in [5.41, 5.74) is 0. The Balaban J connectivity index is 1.69. The minimum absolute atomic E-state index is 0.157. The number of β-amino-alcohol motifs (C(OH)–C–C–N with tert-alkyl or cyclic N) is 1. The van der Waals surface area contributed by atoms with Crippen LogP contribution in [0, 0.1) is 0 Å². The van der Waals surface area contributed by atoms with E-state index < -0.39 is 0 Å². The van der Waals surface area contributed by atoms with Crippen molar-refractivity contribution in [2.45, 2.75) is 19.4 Å². The maximum absolute atomic E-state index is 9.40. The fraction of sp³-hybridized carbons (Fsp3) is 0.571. The summed E-state index contributed by atoms with van der Waals surface area (Å²) in [5, 5.41) is 9.40. The van der Waals surface area contributed by atoms with E-state index in [-0.39, 0.29) is 6.10 Å². The van der Waals surface area contributed by atoms with E-state index in [1.807, 2.05) is 31.2 Å². The highest BCUT2D eigenvalue weighted by atomic mass is 16.5. The van der Waals surface area contributed by atoms with Crippen molar-refractivity contribution in [3.63, 3.8) is 0 Å². The van der Waals surface area contributed by atoms with Crippen LogP contribution in [0.3, 0.4) is 0 Å². The fourth-order valence-electron chi connectivity index (χ4n) is 2.11. The van der Waals surface area contributed by atoms with Crippen molar-refractivity contribution in [3.8, 4) is 11.5 Å². The highest BCUT2D eigenvalue weighted by Crippen LogP contribution is 2.17. The first-order valence-electron chi connectivity index (χ1n) is 6.54. The second-order valence-corrected chi connectivity index (χ2v) is 4.50. The van der Waals surface area contributed by atoms with Crippen LogP contribution in [0.25, 0.3) is 0 Å². The van der Waals surface area contributed by atoms with Crippen LogP contribution in [0.4, 0.5) is 0 Å². The van der Waals surface area contributed by atoms with Crippen LogP contribution in [0.1, 0.15) is 13.3 Å². The molecule has 1 atom stereocenters. The van der Waals surface area contributed by atoms with Crippen LogP contribution in [0.2, 0.25) is 0 Å². The Morgan fingerprint density at radius 2 is 1.89 bits per heavy atom. The zero-order valence-electron chi connectivity index (χ0n) is 10.8. The molecule has 1 aromatic carbocycles. The molecule has 0 spiro atoms. The van der Waals surface area contributed by atoms with Crippen LogP contribution in [-0.4, -0.2) is 49.0 Å². The predicted octanol–water partition coefficient (Wildman–Crippen LogP) is 1.53. The molecule has 0 amide bonds. The number of ether oxygens (including phenoxy) is 2. The number of rotatable bonds is 6. The summed E-state index contributed by atoms with van der Waals surface area (Å²) in [5.74, 6) is 1.73. The second kappa shape index (κ2) is 6.61. The van der Waals surface area contributed by atoms with E-state index in [9.17, 15) is 5.11 Å². The number of likely N-dealkylation sites (tertiary alicyclic amines) is 1. The van der Waals surface area contributed by atoms with Gasteiger partial charge >= 0.3 is 0 Å². The maximum atomic E-state index is 9.40. The molecule has 1 heterocycles. The molecule has 1 unspecified atom stereocenters. The van der Waals surface area contributed by atoms with Gasteiger partial charge < -0.3 is 14.6 Å². The molecule has 1 fully saturated rings. The molecule has 0 aliphatic carbocycles. The number of hydrogen-bond donors (Lipinski definition) is 1. The monoisotopic (exact) mass is 251 g/mol. The first-order chi connectivity index (χ1) is 8.78. The van der Waals surface area contributed by atoms with E-state index in [0.717, 1.165) is 37.6 Å². The number of aliphatic hydroxyl groups excluding tert-OH is 1. The number of aliphatic hydroxyl groups is 1. The van der Waals surface area contributed by atoms with Crippen molar-refractivity contribution in [2.75, 3.05) is 32.8 Å². The molecule has 0 aromatic heterocycles. The summed E-state index contributed by atoms with van der Waals surface area (Å²) in [6.45, 7) is 5.90. The largest absolute Gasteiger partial charge is 0.494 e. The van der Waals surface area contributed by atoms with Gasteiger partial charge in [0, 0.05) is 19.6 Å². The standard InChI is InChI=1S/C14H21NO3/c1-2-17-13-3-5-14(6-4-13)18-10-9-15-8-7-12(16)11-15/h3-6,12,16H,2,7-11H2,1H3. The van der Waals surface area contributed by atoms with Gasteiger partial charge in [-0.25, -0.2) is 0 Å². The fourth-order valence-corrected chi connectivity index (χ4v) is 2.11. The summed E-state index contributed by atoms with van der Waals surface area (Å²) in [7, 11) is 0. The number of benzene rings is 1. The third kappa shape index (κ3) is 3.89. The molecule has 1 aromatic rings. The molecule has 100 valence electrons. The highest BCUT2D eigenvalue weighted by molar-refractivity contribution is 5.31. The van der Waals surface area contributed by atoms with Crippen molar-refractivity contribution >= 4 is 0 Å². The van der Waals surface area contributed by atoms with Gasteiger partial charge in [-0.2, -0.15) is 0 Å².